The van der Waals surface area contributed by atoms with Gasteiger partial charge in [0.1, 0.15) is 18.0 Å². The third-order valence-electron chi connectivity index (χ3n) is 7.20. The number of imidazole rings is 1. The molecular weight excluding hydrogens is 428 g/mol. The van der Waals surface area contributed by atoms with Gasteiger partial charge in [-0.05, 0) is 63.7 Å². The maximum Gasteiger partial charge on any atom is 0.228 e. The van der Waals surface area contributed by atoms with Crippen molar-refractivity contribution in [1.82, 2.24) is 24.3 Å². The number of pyridine rings is 1. The summed E-state index contributed by atoms with van der Waals surface area (Å²) >= 11 is 0. The molecule has 9 nitrogen and oxygen atoms in total. The number of carbonyl (C=O) groups excluding carboxylic acids is 1. The fourth-order valence-corrected chi connectivity index (χ4v) is 4.77. The lowest BCUT2D eigenvalue weighted by atomic mass is 10.1. The van der Waals surface area contributed by atoms with Gasteiger partial charge in [-0.3, -0.25) is 4.79 Å². The summed E-state index contributed by atoms with van der Waals surface area (Å²) in [5.41, 5.74) is 4.63. The molecule has 1 saturated heterocycles. The van der Waals surface area contributed by atoms with Crippen molar-refractivity contribution in [3.63, 3.8) is 0 Å². The van der Waals surface area contributed by atoms with E-state index in [0.717, 1.165) is 37.3 Å². The predicted octanol–water partition coefficient (Wildman–Crippen LogP) is 3.10. The molecule has 2 saturated carbocycles. The molecule has 0 bridgehead atoms. The standard InChI is InChI=1S/C25H32N8O/c1-31(2)20-7-8-32(14-20)21-9-18(16-3-4-16)12-33-13-19(29-24(21)33)11-26-22-10-23(28-15-27-22)30-25(34)17-5-6-17/h9-10,12-13,15-17,20H,3-8,11,14H2,1-2H3,(H2,26,27,28,30,34). The molecule has 9 heteroatoms. The van der Waals surface area contributed by atoms with Gasteiger partial charge in [-0.25, -0.2) is 15.0 Å². The fourth-order valence-electron chi connectivity index (χ4n) is 4.77. The van der Waals surface area contributed by atoms with Gasteiger partial charge in [0.25, 0.3) is 0 Å². The Bertz CT molecular complexity index is 1210. The normalized spacial score (nSPS) is 20.3. The minimum atomic E-state index is 0.0439. The smallest absolute Gasteiger partial charge is 0.228 e. The van der Waals surface area contributed by atoms with Crippen molar-refractivity contribution in [3.8, 4) is 0 Å². The highest BCUT2D eigenvalue weighted by molar-refractivity contribution is 5.93. The van der Waals surface area contributed by atoms with E-state index in [9.17, 15) is 4.79 Å². The molecule has 0 aromatic carbocycles. The van der Waals surface area contributed by atoms with Crippen LogP contribution in [0.25, 0.3) is 5.65 Å². The van der Waals surface area contributed by atoms with Crippen LogP contribution in [0.5, 0.6) is 0 Å². The summed E-state index contributed by atoms with van der Waals surface area (Å²) in [6.07, 6.45) is 11.5. The van der Waals surface area contributed by atoms with Crippen LogP contribution >= 0.6 is 0 Å². The highest BCUT2D eigenvalue weighted by Gasteiger charge is 2.30. The first kappa shape index (κ1) is 21.3. The zero-order chi connectivity index (χ0) is 23.2. The lowest BCUT2D eigenvalue weighted by Crippen LogP contribution is -2.31. The molecule has 3 aromatic heterocycles. The van der Waals surface area contributed by atoms with Crippen molar-refractivity contribution in [2.75, 3.05) is 42.7 Å². The Kier molecular flexibility index (Phi) is 5.36. The number of carbonyl (C=O) groups is 1. The average Bonchev–Trinajstić information content (AvgIpc) is 3.76. The van der Waals surface area contributed by atoms with E-state index in [1.807, 2.05) is 0 Å². The molecule has 2 N–H and O–H groups in total. The molecule has 6 rings (SSSR count). The van der Waals surface area contributed by atoms with Crippen LogP contribution in [-0.2, 0) is 11.3 Å². The number of hydrogen-bond donors (Lipinski definition) is 2. The van der Waals surface area contributed by atoms with Gasteiger partial charge in [0.2, 0.25) is 5.91 Å². The highest BCUT2D eigenvalue weighted by Crippen LogP contribution is 2.42. The molecule has 1 atom stereocenters. The summed E-state index contributed by atoms with van der Waals surface area (Å²) in [6, 6.07) is 4.72. The number of rotatable bonds is 8. The Hall–Kier alpha value is -3.20. The van der Waals surface area contributed by atoms with Crippen molar-refractivity contribution in [2.24, 2.45) is 5.92 Å². The first-order valence-electron chi connectivity index (χ1n) is 12.3. The predicted molar refractivity (Wildman–Crippen MR) is 132 cm³/mol. The van der Waals surface area contributed by atoms with Gasteiger partial charge in [-0.1, -0.05) is 0 Å². The van der Waals surface area contributed by atoms with Crippen molar-refractivity contribution in [3.05, 3.63) is 42.1 Å². The molecule has 1 unspecified atom stereocenters. The van der Waals surface area contributed by atoms with E-state index >= 15 is 0 Å². The van der Waals surface area contributed by atoms with Gasteiger partial charge >= 0.3 is 0 Å². The first-order valence-corrected chi connectivity index (χ1v) is 12.3. The van der Waals surface area contributed by atoms with Gasteiger partial charge in [0.15, 0.2) is 5.65 Å². The molecule has 1 amide bonds. The third-order valence-corrected chi connectivity index (χ3v) is 7.20. The van der Waals surface area contributed by atoms with Gasteiger partial charge in [-0.15, -0.1) is 0 Å². The quantitative estimate of drug-likeness (QED) is 0.534. The topological polar surface area (TPSA) is 90.7 Å². The van der Waals surface area contributed by atoms with E-state index in [1.165, 1.54) is 36.8 Å². The van der Waals surface area contributed by atoms with Gasteiger partial charge < -0.3 is 24.8 Å². The fraction of sp³-hybridized carbons (Fsp3) is 0.520. The van der Waals surface area contributed by atoms with Crippen LogP contribution in [0, 0.1) is 5.92 Å². The van der Waals surface area contributed by atoms with Gasteiger partial charge in [0, 0.05) is 43.5 Å². The minimum Gasteiger partial charge on any atom is -0.367 e. The average molecular weight is 461 g/mol. The SMILES string of the molecule is CN(C)C1CCN(c2cc(C3CC3)cn3cc(CNc4cc(NC(=O)C5CC5)ncn4)nc23)C1. The maximum atomic E-state index is 12.0. The number of amides is 1. The molecule has 3 aliphatic rings. The van der Waals surface area contributed by atoms with E-state index < -0.39 is 0 Å². The van der Waals surface area contributed by atoms with Gasteiger partial charge in [0.05, 0.1) is 17.9 Å². The number of likely N-dealkylation sites (N-methyl/N-ethyl adjacent to an activating group) is 1. The summed E-state index contributed by atoms with van der Waals surface area (Å²) in [4.78, 5) is 30.3. The number of anilines is 3. The second-order valence-electron chi connectivity index (χ2n) is 10.2. The van der Waals surface area contributed by atoms with E-state index in [0.29, 0.717) is 30.1 Å². The molecule has 3 aromatic rings. The number of nitrogens with zero attached hydrogens (tertiary/aromatic N) is 6. The molecule has 3 fully saturated rings. The molecule has 34 heavy (non-hydrogen) atoms. The minimum absolute atomic E-state index is 0.0439. The molecule has 4 heterocycles. The van der Waals surface area contributed by atoms with Crippen LogP contribution in [0.15, 0.2) is 30.9 Å². The third kappa shape index (κ3) is 4.44. The lowest BCUT2D eigenvalue weighted by Gasteiger charge is -2.22. The van der Waals surface area contributed by atoms with Crippen molar-refractivity contribution in [1.29, 1.82) is 0 Å². The lowest BCUT2D eigenvalue weighted by molar-refractivity contribution is -0.117. The summed E-state index contributed by atoms with van der Waals surface area (Å²) in [7, 11) is 4.33. The Morgan fingerprint density at radius 3 is 2.65 bits per heavy atom. The van der Waals surface area contributed by atoms with Crippen LogP contribution in [-0.4, -0.2) is 63.4 Å². The number of hydrogen-bond acceptors (Lipinski definition) is 7. The Morgan fingerprint density at radius 1 is 1.09 bits per heavy atom. The van der Waals surface area contributed by atoms with Crippen molar-refractivity contribution < 1.29 is 4.79 Å². The van der Waals surface area contributed by atoms with Crippen LogP contribution in [0.1, 0.15) is 49.3 Å². The molecule has 178 valence electrons. The summed E-state index contributed by atoms with van der Waals surface area (Å²) in [5, 5.41) is 6.22. The Balaban J connectivity index is 1.21. The Morgan fingerprint density at radius 2 is 1.91 bits per heavy atom. The molecule has 0 spiro atoms. The van der Waals surface area contributed by atoms with E-state index in [4.69, 9.17) is 4.98 Å². The van der Waals surface area contributed by atoms with Crippen LogP contribution < -0.4 is 15.5 Å². The Labute approximate surface area is 199 Å². The summed E-state index contributed by atoms with van der Waals surface area (Å²) in [5.74, 6) is 2.07. The second-order valence-corrected chi connectivity index (χ2v) is 10.2. The highest BCUT2D eigenvalue weighted by atomic mass is 16.2. The van der Waals surface area contributed by atoms with Crippen LogP contribution in [0.2, 0.25) is 0 Å². The summed E-state index contributed by atoms with van der Waals surface area (Å²) < 4.78 is 2.20. The van der Waals surface area contributed by atoms with Crippen LogP contribution in [0.4, 0.5) is 17.3 Å². The van der Waals surface area contributed by atoms with E-state index in [2.05, 4.69) is 67.4 Å². The number of fused-ring (bicyclic) bond motifs is 1. The second kappa shape index (κ2) is 8.54. The van der Waals surface area contributed by atoms with Gasteiger partial charge in [-0.2, -0.15) is 0 Å². The maximum absolute atomic E-state index is 12.0. The molecule has 1 aliphatic heterocycles. The van der Waals surface area contributed by atoms with Crippen LogP contribution in [0.3, 0.4) is 0 Å². The number of aromatic nitrogens is 4. The van der Waals surface area contributed by atoms with Crippen molar-refractivity contribution in [2.45, 2.75) is 50.6 Å². The van der Waals surface area contributed by atoms with E-state index in [1.54, 1.807) is 6.07 Å². The van der Waals surface area contributed by atoms with Crippen molar-refractivity contribution >= 4 is 28.9 Å². The molecule has 2 aliphatic carbocycles. The summed E-state index contributed by atoms with van der Waals surface area (Å²) in [6.45, 7) is 2.64. The zero-order valence-corrected chi connectivity index (χ0v) is 19.9. The molecule has 0 radical (unpaired) electrons. The van der Waals surface area contributed by atoms with E-state index in [-0.39, 0.29) is 11.8 Å². The number of nitrogens with one attached hydrogen (secondary N) is 2. The zero-order valence-electron chi connectivity index (χ0n) is 19.9. The molecular formula is C25H32N8O. The first-order chi connectivity index (χ1) is 16.5. The largest absolute Gasteiger partial charge is 0.367 e. The monoisotopic (exact) mass is 460 g/mol.